The molecule has 0 saturated carbocycles. The number of rotatable bonds is 3. The van der Waals surface area contributed by atoms with E-state index < -0.39 is 0 Å². The predicted octanol–water partition coefficient (Wildman–Crippen LogP) is 2.69. The van der Waals surface area contributed by atoms with E-state index in [-0.39, 0.29) is 0 Å². The number of nitriles is 1. The van der Waals surface area contributed by atoms with Crippen molar-refractivity contribution >= 4 is 22.8 Å². The van der Waals surface area contributed by atoms with Crippen molar-refractivity contribution < 1.29 is 4.74 Å². The van der Waals surface area contributed by atoms with Gasteiger partial charge >= 0.3 is 0 Å². The Hall–Kier alpha value is -2.59. The fourth-order valence-electron chi connectivity index (χ4n) is 1.87. The van der Waals surface area contributed by atoms with Gasteiger partial charge in [0, 0.05) is 11.8 Å². The number of benzene rings is 1. The van der Waals surface area contributed by atoms with E-state index in [0.29, 0.717) is 16.0 Å². The highest BCUT2D eigenvalue weighted by molar-refractivity contribution is 7.99. The lowest BCUT2D eigenvalue weighted by Gasteiger charge is -1.98. The summed E-state index contributed by atoms with van der Waals surface area (Å²) in [7, 11) is 1.62. The summed E-state index contributed by atoms with van der Waals surface area (Å²) in [6.45, 7) is 1.83. The van der Waals surface area contributed by atoms with Crippen molar-refractivity contribution in [3.05, 3.63) is 35.7 Å². The Balaban J connectivity index is 1.94. The number of aromatic amines is 1. The van der Waals surface area contributed by atoms with E-state index in [1.807, 2.05) is 31.2 Å². The first-order valence-electron chi connectivity index (χ1n) is 6.15. The first-order valence-corrected chi connectivity index (χ1v) is 6.97. The van der Waals surface area contributed by atoms with E-state index in [1.165, 1.54) is 11.8 Å². The summed E-state index contributed by atoms with van der Waals surface area (Å²) in [4.78, 5) is 16.1. The van der Waals surface area contributed by atoms with Crippen molar-refractivity contribution in [2.24, 2.45) is 0 Å². The van der Waals surface area contributed by atoms with Crippen molar-refractivity contribution in [3.63, 3.8) is 0 Å². The Morgan fingerprint density at radius 1 is 1.24 bits per heavy atom. The number of nitrogens with one attached hydrogen (secondary N) is 1. The van der Waals surface area contributed by atoms with Gasteiger partial charge in [0.05, 0.1) is 18.1 Å². The molecule has 21 heavy (non-hydrogen) atoms. The van der Waals surface area contributed by atoms with E-state index in [9.17, 15) is 0 Å². The summed E-state index contributed by atoms with van der Waals surface area (Å²) in [5.74, 6) is 0.765. The van der Waals surface area contributed by atoms with Crippen molar-refractivity contribution in [2.75, 3.05) is 7.11 Å². The van der Waals surface area contributed by atoms with Gasteiger partial charge in [-0.05, 0) is 36.9 Å². The number of hydrogen-bond donors (Lipinski definition) is 1. The molecule has 0 aliphatic heterocycles. The molecular weight excluding hydrogens is 286 g/mol. The molecule has 1 aromatic carbocycles. The first kappa shape index (κ1) is 13.4. The summed E-state index contributed by atoms with van der Waals surface area (Å²) in [6.07, 6.45) is 0. The van der Waals surface area contributed by atoms with Crippen LogP contribution in [0.5, 0.6) is 5.75 Å². The quantitative estimate of drug-likeness (QED) is 0.748. The number of fused-ring (bicyclic) bond motifs is 1. The minimum atomic E-state index is 0.350. The Labute approximate surface area is 125 Å². The number of aromatic nitrogens is 4. The average Bonchev–Trinajstić information content (AvgIpc) is 2.87. The van der Waals surface area contributed by atoms with Gasteiger partial charge in [-0.3, -0.25) is 0 Å². The minimum Gasteiger partial charge on any atom is -0.497 e. The fourth-order valence-corrected chi connectivity index (χ4v) is 2.68. The fraction of sp³-hybridized carbons (Fsp3) is 0.143. The second-order valence-corrected chi connectivity index (χ2v) is 5.27. The number of ether oxygens (including phenoxy) is 1. The van der Waals surface area contributed by atoms with Crippen LogP contribution in [0.4, 0.5) is 0 Å². The molecule has 2 aromatic heterocycles. The van der Waals surface area contributed by atoms with Gasteiger partial charge in [-0.15, -0.1) is 0 Å². The van der Waals surface area contributed by atoms with Crippen molar-refractivity contribution in [3.8, 4) is 11.8 Å². The maximum Gasteiger partial charge on any atom is 0.196 e. The van der Waals surface area contributed by atoms with Gasteiger partial charge in [-0.2, -0.15) is 5.26 Å². The van der Waals surface area contributed by atoms with Gasteiger partial charge < -0.3 is 9.72 Å². The highest BCUT2D eigenvalue weighted by Gasteiger charge is 2.09. The molecule has 0 aliphatic rings. The lowest BCUT2D eigenvalue weighted by molar-refractivity contribution is 0.415. The van der Waals surface area contributed by atoms with Gasteiger partial charge in [-0.1, -0.05) is 0 Å². The zero-order chi connectivity index (χ0) is 14.8. The molecule has 0 bridgehead atoms. The van der Waals surface area contributed by atoms with Crippen LogP contribution < -0.4 is 4.74 Å². The molecule has 0 saturated heterocycles. The van der Waals surface area contributed by atoms with Crippen LogP contribution in [0.1, 0.15) is 11.4 Å². The van der Waals surface area contributed by atoms with Crippen LogP contribution in [0.2, 0.25) is 0 Å². The standard InChI is InChI=1S/C14H11N5OS/c1-8-5-9(7-15)17-13(16-8)21-14-18-11-4-3-10(20-2)6-12(11)19-14/h3-6H,1-2H3,(H,18,19). The summed E-state index contributed by atoms with van der Waals surface area (Å²) >= 11 is 1.29. The molecule has 7 heteroatoms. The van der Waals surface area contributed by atoms with E-state index in [2.05, 4.69) is 19.9 Å². The predicted molar refractivity (Wildman–Crippen MR) is 78.3 cm³/mol. The van der Waals surface area contributed by atoms with Crippen molar-refractivity contribution in [1.29, 1.82) is 5.26 Å². The summed E-state index contributed by atoms with van der Waals surface area (Å²) in [5, 5.41) is 10.1. The average molecular weight is 297 g/mol. The van der Waals surface area contributed by atoms with Crippen LogP contribution in [0.3, 0.4) is 0 Å². The third-order valence-corrected chi connectivity index (χ3v) is 3.56. The number of aryl methyl sites for hydroxylation is 1. The molecule has 0 aliphatic carbocycles. The summed E-state index contributed by atoms with van der Waals surface area (Å²) in [6, 6.07) is 9.29. The molecular formula is C14H11N5OS. The molecule has 0 radical (unpaired) electrons. The molecule has 3 rings (SSSR count). The van der Waals surface area contributed by atoms with Crippen LogP contribution in [0, 0.1) is 18.3 Å². The molecule has 3 aromatic rings. The Morgan fingerprint density at radius 3 is 2.86 bits per heavy atom. The largest absolute Gasteiger partial charge is 0.497 e. The lowest BCUT2D eigenvalue weighted by atomic mass is 10.3. The first-order chi connectivity index (χ1) is 10.2. The molecule has 0 amide bonds. The second-order valence-electron chi connectivity index (χ2n) is 4.32. The zero-order valence-electron chi connectivity index (χ0n) is 11.4. The van der Waals surface area contributed by atoms with Crippen LogP contribution in [0.15, 0.2) is 34.6 Å². The molecule has 2 heterocycles. The zero-order valence-corrected chi connectivity index (χ0v) is 12.2. The topological polar surface area (TPSA) is 87.5 Å². The van der Waals surface area contributed by atoms with Gasteiger partial charge in [0.25, 0.3) is 0 Å². The van der Waals surface area contributed by atoms with E-state index in [4.69, 9.17) is 10.00 Å². The Morgan fingerprint density at radius 2 is 2.10 bits per heavy atom. The smallest absolute Gasteiger partial charge is 0.196 e. The summed E-state index contributed by atoms with van der Waals surface area (Å²) < 4.78 is 5.18. The van der Waals surface area contributed by atoms with Crippen molar-refractivity contribution in [1.82, 2.24) is 19.9 Å². The molecule has 1 N–H and O–H groups in total. The third kappa shape index (κ3) is 2.80. The highest BCUT2D eigenvalue weighted by atomic mass is 32.2. The molecule has 0 atom stereocenters. The number of hydrogen-bond acceptors (Lipinski definition) is 6. The van der Waals surface area contributed by atoms with Crippen LogP contribution in [0.25, 0.3) is 11.0 Å². The van der Waals surface area contributed by atoms with Crippen molar-refractivity contribution in [2.45, 2.75) is 17.2 Å². The van der Waals surface area contributed by atoms with Crippen LogP contribution >= 0.6 is 11.8 Å². The number of imidazole rings is 1. The Bertz CT molecular complexity index is 852. The van der Waals surface area contributed by atoms with E-state index >= 15 is 0 Å². The monoisotopic (exact) mass is 297 g/mol. The molecule has 0 fully saturated rings. The van der Waals surface area contributed by atoms with E-state index in [1.54, 1.807) is 13.2 Å². The maximum absolute atomic E-state index is 8.94. The van der Waals surface area contributed by atoms with Gasteiger partial charge in [0.2, 0.25) is 0 Å². The molecule has 0 unspecified atom stereocenters. The van der Waals surface area contributed by atoms with Gasteiger partial charge in [0.15, 0.2) is 10.3 Å². The summed E-state index contributed by atoms with van der Waals surface area (Å²) in [5.41, 5.74) is 2.82. The van der Waals surface area contributed by atoms with Gasteiger partial charge in [-0.25, -0.2) is 15.0 Å². The number of nitrogens with zero attached hydrogens (tertiary/aromatic N) is 4. The third-order valence-electron chi connectivity index (χ3n) is 2.80. The van der Waals surface area contributed by atoms with Crippen LogP contribution in [-0.2, 0) is 0 Å². The maximum atomic E-state index is 8.94. The number of methoxy groups -OCH3 is 1. The minimum absolute atomic E-state index is 0.350. The van der Waals surface area contributed by atoms with Gasteiger partial charge in [0.1, 0.15) is 17.5 Å². The SMILES string of the molecule is COc1ccc2nc(Sc3nc(C)cc(C#N)n3)[nH]c2c1. The van der Waals surface area contributed by atoms with Crippen LogP contribution in [-0.4, -0.2) is 27.0 Å². The normalized spacial score (nSPS) is 10.5. The highest BCUT2D eigenvalue weighted by Crippen LogP contribution is 2.26. The number of H-pyrrole nitrogens is 1. The Kier molecular flexibility index (Phi) is 3.46. The molecule has 0 spiro atoms. The second kappa shape index (κ2) is 5.42. The molecule has 104 valence electrons. The van der Waals surface area contributed by atoms with E-state index in [0.717, 1.165) is 22.5 Å². The lowest BCUT2D eigenvalue weighted by Crippen LogP contribution is -1.93. The molecule has 6 nitrogen and oxygen atoms in total.